The summed E-state index contributed by atoms with van der Waals surface area (Å²) in [6.45, 7) is 4.13. The zero-order valence-corrected chi connectivity index (χ0v) is 37.4. The number of imidazole rings is 1. The number of rotatable bonds is 11. The van der Waals surface area contributed by atoms with Crippen molar-refractivity contribution in [2.24, 2.45) is 0 Å². The molecule has 0 aliphatic heterocycles. The van der Waals surface area contributed by atoms with Crippen molar-refractivity contribution in [2.75, 3.05) is 9.80 Å². The second-order valence-corrected chi connectivity index (χ2v) is 16.8. The molecule has 0 N–H and O–H groups in total. The van der Waals surface area contributed by atoms with Crippen LogP contribution in [0, 0.1) is 13.8 Å². The molecule has 0 amide bonds. The van der Waals surface area contributed by atoms with E-state index in [2.05, 4.69) is 264 Å². The van der Waals surface area contributed by atoms with E-state index in [1.165, 1.54) is 22.3 Å². The summed E-state index contributed by atoms with van der Waals surface area (Å²) < 4.78 is 2.18. The van der Waals surface area contributed by atoms with Crippen molar-refractivity contribution in [3.8, 4) is 55.9 Å². The molecule has 5 heteroatoms. The second-order valence-electron chi connectivity index (χ2n) is 16.8. The summed E-state index contributed by atoms with van der Waals surface area (Å²) in [6, 6.07) is 86.2. The van der Waals surface area contributed by atoms with Crippen LogP contribution < -0.4 is 9.80 Å². The number of benzene rings is 8. The van der Waals surface area contributed by atoms with Crippen LogP contribution in [0.1, 0.15) is 11.4 Å². The van der Waals surface area contributed by atoms with E-state index in [0.29, 0.717) is 0 Å². The highest BCUT2D eigenvalue weighted by atomic mass is 15.2. The Balaban J connectivity index is 0.935. The van der Waals surface area contributed by atoms with Gasteiger partial charge in [-0.1, -0.05) is 158 Å². The molecule has 3 heterocycles. The molecule has 11 aromatic rings. The topological polar surface area (TPSA) is 36.7 Å². The Kier molecular flexibility index (Phi) is 11.0. The lowest BCUT2D eigenvalue weighted by molar-refractivity contribution is 1.10. The van der Waals surface area contributed by atoms with Crippen LogP contribution in [-0.4, -0.2) is 14.4 Å². The van der Waals surface area contributed by atoms with Gasteiger partial charge in [0.25, 0.3) is 0 Å². The van der Waals surface area contributed by atoms with E-state index in [0.717, 1.165) is 84.8 Å². The fourth-order valence-corrected chi connectivity index (χ4v) is 9.12. The number of pyridine rings is 2. The van der Waals surface area contributed by atoms with E-state index in [1.807, 2.05) is 13.0 Å². The van der Waals surface area contributed by atoms with Gasteiger partial charge in [-0.05, 0) is 132 Å². The molecule has 0 aliphatic rings. The van der Waals surface area contributed by atoms with Gasteiger partial charge in [0.15, 0.2) is 0 Å². The van der Waals surface area contributed by atoms with Gasteiger partial charge in [0.1, 0.15) is 5.65 Å². The molecule has 67 heavy (non-hydrogen) atoms. The molecule has 0 fully saturated rings. The average Bonchev–Trinajstić information content (AvgIpc) is 3.79. The van der Waals surface area contributed by atoms with Gasteiger partial charge in [-0.25, -0.2) is 4.98 Å². The van der Waals surface area contributed by atoms with E-state index < -0.39 is 0 Å². The van der Waals surface area contributed by atoms with Crippen LogP contribution in [0.2, 0.25) is 0 Å². The van der Waals surface area contributed by atoms with Gasteiger partial charge in [0, 0.05) is 51.5 Å². The minimum absolute atomic E-state index is 0.906. The number of aromatic nitrogens is 3. The van der Waals surface area contributed by atoms with Crippen LogP contribution >= 0.6 is 0 Å². The minimum atomic E-state index is 0.906. The highest BCUT2D eigenvalue weighted by Gasteiger charge is 2.21. The van der Waals surface area contributed by atoms with E-state index >= 15 is 0 Å². The first kappa shape index (κ1) is 40.9. The Morgan fingerprint density at radius 1 is 0.328 bits per heavy atom. The number of hydrogen-bond acceptors (Lipinski definition) is 4. The molecule has 0 saturated carbocycles. The Hall–Kier alpha value is -8.80. The minimum Gasteiger partial charge on any atom is -0.311 e. The maximum atomic E-state index is 5.19. The van der Waals surface area contributed by atoms with Gasteiger partial charge in [0.05, 0.1) is 22.8 Å². The molecular weight excluding hydrogens is 815 g/mol. The fraction of sp³-hybridized carbons (Fsp3) is 0.0323. The van der Waals surface area contributed by atoms with Crippen molar-refractivity contribution in [1.29, 1.82) is 0 Å². The molecule has 3 aromatic heterocycles. The molecule has 0 atom stereocenters. The lowest BCUT2D eigenvalue weighted by Crippen LogP contribution is -2.12. The third-order valence-electron chi connectivity index (χ3n) is 12.4. The highest BCUT2D eigenvalue weighted by Crippen LogP contribution is 2.42. The van der Waals surface area contributed by atoms with Gasteiger partial charge in [-0.15, -0.1) is 0 Å². The second kappa shape index (κ2) is 18.0. The quantitative estimate of drug-likeness (QED) is 0.130. The summed E-state index contributed by atoms with van der Waals surface area (Å²) in [5, 5.41) is 0. The molecule has 0 saturated heterocycles. The number of aryl methyl sites for hydroxylation is 2. The van der Waals surface area contributed by atoms with Crippen molar-refractivity contribution in [3.63, 3.8) is 0 Å². The monoisotopic (exact) mass is 861 g/mol. The molecule has 8 aromatic carbocycles. The largest absolute Gasteiger partial charge is 0.311 e. The first-order valence-corrected chi connectivity index (χ1v) is 22.7. The highest BCUT2D eigenvalue weighted by molar-refractivity contribution is 5.87. The Morgan fingerprint density at radius 2 is 0.761 bits per heavy atom. The van der Waals surface area contributed by atoms with Crippen LogP contribution in [0.5, 0.6) is 0 Å². The summed E-state index contributed by atoms with van der Waals surface area (Å²) in [6.07, 6.45) is 2.09. The molecule has 11 rings (SSSR count). The zero-order chi connectivity index (χ0) is 45.1. The van der Waals surface area contributed by atoms with Crippen molar-refractivity contribution in [2.45, 2.75) is 13.8 Å². The summed E-state index contributed by atoms with van der Waals surface area (Å²) in [5.41, 5.74) is 20.4. The van der Waals surface area contributed by atoms with Crippen molar-refractivity contribution >= 4 is 39.8 Å². The number of anilines is 6. The molecule has 0 spiro atoms. The average molecular weight is 862 g/mol. The van der Waals surface area contributed by atoms with Crippen LogP contribution in [-0.2, 0) is 0 Å². The molecule has 0 unspecified atom stereocenters. The molecule has 0 radical (unpaired) electrons. The first-order valence-electron chi connectivity index (χ1n) is 22.7. The summed E-state index contributed by atoms with van der Waals surface area (Å²) in [7, 11) is 0. The molecule has 0 bridgehead atoms. The fourth-order valence-electron chi connectivity index (χ4n) is 9.12. The van der Waals surface area contributed by atoms with Crippen molar-refractivity contribution < 1.29 is 0 Å². The van der Waals surface area contributed by atoms with Crippen LogP contribution in [0.15, 0.2) is 249 Å². The maximum absolute atomic E-state index is 5.19. The number of nitrogens with zero attached hydrogens (tertiary/aromatic N) is 5. The third-order valence-corrected chi connectivity index (χ3v) is 12.4. The van der Waals surface area contributed by atoms with E-state index in [9.17, 15) is 0 Å². The predicted molar refractivity (Wildman–Crippen MR) is 279 cm³/mol. The standard InChI is InChI=1S/C62H47N5/c1-44-24-41-59(45(2)63-44)67(58-22-14-21-53(43-58)61-62(52-19-10-5-11-20-52)65-42-13-12-23-60(65)64-61)57-39-31-51(32-40-57)50-29-37-56(38-30-50)66(54-33-25-48(26-34-54)46-15-6-3-7-16-46)55-35-27-49(28-36-55)47-17-8-4-9-18-47/h3-43H,1-2H3. The maximum Gasteiger partial charge on any atom is 0.137 e. The van der Waals surface area contributed by atoms with Gasteiger partial charge in [-0.2, -0.15) is 0 Å². The van der Waals surface area contributed by atoms with Crippen LogP contribution in [0.25, 0.3) is 61.5 Å². The summed E-state index contributed by atoms with van der Waals surface area (Å²) in [5.74, 6) is 0. The summed E-state index contributed by atoms with van der Waals surface area (Å²) in [4.78, 5) is 14.7. The van der Waals surface area contributed by atoms with Gasteiger partial charge >= 0.3 is 0 Å². The van der Waals surface area contributed by atoms with E-state index in [1.54, 1.807) is 0 Å². The normalized spacial score (nSPS) is 11.1. The molecule has 0 aliphatic carbocycles. The zero-order valence-electron chi connectivity index (χ0n) is 37.4. The summed E-state index contributed by atoms with van der Waals surface area (Å²) >= 11 is 0. The van der Waals surface area contributed by atoms with Crippen LogP contribution in [0.4, 0.5) is 34.1 Å². The van der Waals surface area contributed by atoms with E-state index in [4.69, 9.17) is 9.97 Å². The lowest BCUT2D eigenvalue weighted by atomic mass is 10.0. The van der Waals surface area contributed by atoms with Gasteiger partial charge < -0.3 is 9.80 Å². The van der Waals surface area contributed by atoms with E-state index in [-0.39, 0.29) is 0 Å². The third kappa shape index (κ3) is 8.27. The van der Waals surface area contributed by atoms with Gasteiger partial charge in [-0.3, -0.25) is 9.38 Å². The first-order chi connectivity index (χ1) is 33.0. The number of fused-ring (bicyclic) bond motifs is 1. The molecular formula is C62H47N5. The number of hydrogen-bond donors (Lipinski definition) is 0. The van der Waals surface area contributed by atoms with Gasteiger partial charge in [0.2, 0.25) is 0 Å². The molecule has 320 valence electrons. The van der Waals surface area contributed by atoms with Crippen molar-refractivity contribution in [3.05, 3.63) is 260 Å². The Morgan fingerprint density at radius 3 is 1.25 bits per heavy atom. The SMILES string of the molecule is Cc1ccc(N(c2ccc(-c3ccc(N(c4ccc(-c5ccccc5)cc4)c4ccc(-c5ccccc5)cc4)cc3)cc2)c2cccc(-c3nc4ccccn4c3-c3ccccc3)c2)c(C)n1. The lowest BCUT2D eigenvalue weighted by Gasteiger charge is -2.27. The molecule has 5 nitrogen and oxygen atoms in total. The smallest absolute Gasteiger partial charge is 0.137 e. The Bertz CT molecular complexity index is 3350. The predicted octanol–water partition coefficient (Wildman–Crippen LogP) is 16.6. The van der Waals surface area contributed by atoms with Crippen molar-refractivity contribution in [1.82, 2.24) is 14.4 Å². The Labute approximate surface area is 392 Å². The van der Waals surface area contributed by atoms with Crippen LogP contribution in [0.3, 0.4) is 0 Å².